The number of carbonyl (C=O) groups excluding carboxylic acids is 1. The molecule has 2 aromatic rings. The second kappa shape index (κ2) is 7.68. The van der Waals surface area contributed by atoms with Crippen LogP contribution in [0, 0.1) is 12.8 Å². The van der Waals surface area contributed by atoms with Crippen LogP contribution in [0.4, 0.5) is 0 Å². The zero-order valence-corrected chi connectivity index (χ0v) is 15.8. The molecule has 1 aromatic heterocycles. The van der Waals surface area contributed by atoms with Gasteiger partial charge in [0.25, 0.3) is 10.0 Å². The van der Waals surface area contributed by atoms with Gasteiger partial charge in [-0.15, -0.1) is 11.3 Å². The van der Waals surface area contributed by atoms with Crippen LogP contribution in [0.15, 0.2) is 46.0 Å². The van der Waals surface area contributed by atoms with Crippen molar-refractivity contribution in [2.45, 2.75) is 30.5 Å². The molecule has 1 fully saturated rings. The summed E-state index contributed by atoms with van der Waals surface area (Å²) in [5, 5.41) is 4.70. The lowest BCUT2D eigenvalue weighted by molar-refractivity contribution is -0.126. The molecule has 1 saturated heterocycles. The first kappa shape index (κ1) is 18.1. The maximum absolute atomic E-state index is 12.6. The van der Waals surface area contributed by atoms with Gasteiger partial charge in [-0.3, -0.25) is 4.79 Å². The van der Waals surface area contributed by atoms with Crippen molar-refractivity contribution in [2.75, 3.05) is 13.1 Å². The van der Waals surface area contributed by atoms with E-state index in [1.807, 2.05) is 31.2 Å². The van der Waals surface area contributed by atoms with Crippen LogP contribution in [0.3, 0.4) is 0 Å². The van der Waals surface area contributed by atoms with Crippen LogP contribution in [0.1, 0.15) is 24.0 Å². The number of nitrogens with zero attached hydrogens (tertiary/aromatic N) is 1. The summed E-state index contributed by atoms with van der Waals surface area (Å²) in [4.78, 5) is 12.5. The van der Waals surface area contributed by atoms with Gasteiger partial charge in [-0.25, -0.2) is 8.42 Å². The van der Waals surface area contributed by atoms with E-state index < -0.39 is 10.0 Å². The molecule has 1 amide bonds. The Morgan fingerprint density at radius 1 is 1.32 bits per heavy atom. The molecular formula is C18H22N2O3S2. The molecule has 25 heavy (non-hydrogen) atoms. The van der Waals surface area contributed by atoms with Gasteiger partial charge in [0.05, 0.1) is 5.92 Å². The highest BCUT2D eigenvalue weighted by atomic mass is 32.2. The minimum Gasteiger partial charge on any atom is -0.352 e. The fraction of sp³-hybridized carbons (Fsp3) is 0.389. The zero-order chi connectivity index (χ0) is 17.9. The van der Waals surface area contributed by atoms with Crippen LogP contribution in [0.5, 0.6) is 0 Å². The van der Waals surface area contributed by atoms with Crippen molar-refractivity contribution in [3.05, 3.63) is 52.9 Å². The van der Waals surface area contributed by atoms with Gasteiger partial charge in [0.1, 0.15) is 4.21 Å². The van der Waals surface area contributed by atoms with Crippen LogP contribution >= 0.6 is 11.3 Å². The molecule has 1 aliphatic heterocycles. The fourth-order valence-corrected chi connectivity index (χ4v) is 5.74. The lowest BCUT2D eigenvalue weighted by Gasteiger charge is -2.30. The van der Waals surface area contributed by atoms with Gasteiger partial charge in [-0.05, 0) is 36.8 Å². The van der Waals surface area contributed by atoms with E-state index in [0.717, 1.165) is 17.5 Å². The van der Waals surface area contributed by atoms with Crippen molar-refractivity contribution in [3.8, 4) is 0 Å². The van der Waals surface area contributed by atoms with E-state index >= 15 is 0 Å². The van der Waals surface area contributed by atoms with E-state index in [4.69, 9.17) is 0 Å². The van der Waals surface area contributed by atoms with E-state index in [1.54, 1.807) is 17.5 Å². The Labute approximate surface area is 152 Å². The number of hydrogen-bond donors (Lipinski definition) is 1. The number of piperidine rings is 1. The highest BCUT2D eigenvalue weighted by Gasteiger charge is 2.33. The smallest absolute Gasteiger partial charge is 0.252 e. The molecule has 0 spiro atoms. The predicted octanol–water partition coefficient (Wildman–Crippen LogP) is 2.77. The summed E-state index contributed by atoms with van der Waals surface area (Å²) < 4.78 is 27.1. The topological polar surface area (TPSA) is 66.5 Å². The largest absolute Gasteiger partial charge is 0.352 e. The number of carbonyl (C=O) groups is 1. The second-order valence-electron chi connectivity index (χ2n) is 6.34. The van der Waals surface area contributed by atoms with Gasteiger partial charge in [0.2, 0.25) is 5.91 Å². The Morgan fingerprint density at radius 2 is 2.16 bits per heavy atom. The maximum atomic E-state index is 12.6. The molecule has 0 radical (unpaired) electrons. The summed E-state index contributed by atoms with van der Waals surface area (Å²) >= 11 is 1.21. The van der Waals surface area contributed by atoms with Crippen molar-refractivity contribution >= 4 is 27.3 Å². The van der Waals surface area contributed by atoms with E-state index in [0.29, 0.717) is 23.7 Å². The molecule has 1 N–H and O–H groups in total. The number of amides is 1. The van der Waals surface area contributed by atoms with Crippen molar-refractivity contribution in [3.63, 3.8) is 0 Å². The lowest BCUT2D eigenvalue weighted by atomic mass is 9.98. The summed E-state index contributed by atoms with van der Waals surface area (Å²) in [6.07, 6.45) is 1.42. The molecule has 3 rings (SSSR count). The third-order valence-electron chi connectivity index (χ3n) is 4.39. The maximum Gasteiger partial charge on any atom is 0.252 e. The Morgan fingerprint density at radius 3 is 2.88 bits per heavy atom. The number of benzene rings is 1. The lowest BCUT2D eigenvalue weighted by Crippen LogP contribution is -2.45. The van der Waals surface area contributed by atoms with Crippen molar-refractivity contribution in [1.29, 1.82) is 0 Å². The molecule has 1 aliphatic rings. The molecule has 7 heteroatoms. The van der Waals surface area contributed by atoms with E-state index in [9.17, 15) is 13.2 Å². The molecule has 134 valence electrons. The minimum absolute atomic E-state index is 0.0763. The molecule has 0 aliphatic carbocycles. The number of nitrogens with one attached hydrogen (secondary N) is 1. The molecule has 1 aromatic carbocycles. The van der Waals surface area contributed by atoms with E-state index in [-0.39, 0.29) is 18.4 Å². The van der Waals surface area contributed by atoms with Crippen LogP contribution < -0.4 is 5.32 Å². The van der Waals surface area contributed by atoms with Gasteiger partial charge < -0.3 is 5.32 Å². The van der Waals surface area contributed by atoms with Gasteiger partial charge in [-0.2, -0.15) is 4.31 Å². The van der Waals surface area contributed by atoms with Gasteiger partial charge in [0.15, 0.2) is 0 Å². The Balaban J connectivity index is 1.62. The van der Waals surface area contributed by atoms with Crippen molar-refractivity contribution in [2.24, 2.45) is 5.92 Å². The molecule has 5 nitrogen and oxygen atoms in total. The SMILES string of the molecule is Cc1cccc(CNC(=O)[C@@H]2CCCN(S(=O)(=O)c3cccs3)C2)c1. The van der Waals surface area contributed by atoms with Crippen LogP contribution in [-0.4, -0.2) is 31.7 Å². The first-order valence-corrected chi connectivity index (χ1v) is 10.7. The number of thiophene rings is 1. The number of sulfonamides is 1. The Hall–Kier alpha value is -1.70. The van der Waals surface area contributed by atoms with Gasteiger partial charge in [-0.1, -0.05) is 35.9 Å². The molecule has 2 heterocycles. The normalized spacial score (nSPS) is 18.8. The Bertz CT molecular complexity index is 832. The quantitative estimate of drug-likeness (QED) is 0.870. The standard InChI is InChI=1S/C18H22N2O3S2/c1-14-5-2-6-15(11-14)12-19-18(21)16-7-3-9-20(13-16)25(22,23)17-8-4-10-24-17/h2,4-6,8,10-11,16H,3,7,9,12-13H2,1H3,(H,19,21)/t16-/m1/s1. The molecule has 1 atom stereocenters. The molecule has 0 saturated carbocycles. The average molecular weight is 379 g/mol. The monoisotopic (exact) mass is 378 g/mol. The van der Waals surface area contributed by atoms with Gasteiger partial charge in [0, 0.05) is 19.6 Å². The summed E-state index contributed by atoms with van der Waals surface area (Å²) in [5.74, 6) is -0.374. The fourth-order valence-electron chi connectivity index (χ4n) is 3.07. The van der Waals surface area contributed by atoms with E-state index in [2.05, 4.69) is 5.32 Å². The number of rotatable bonds is 5. The first-order chi connectivity index (χ1) is 12.0. The van der Waals surface area contributed by atoms with Crippen molar-refractivity contribution in [1.82, 2.24) is 9.62 Å². The van der Waals surface area contributed by atoms with Gasteiger partial charge >= 0.3 is 0 Å². The number of aryl methyl sites for hydroxylation is 1. The molecular weight excluding hydrogens is 356 g/mol. The van der Waals surface area contributed by atoms with Crippen LogP contribution in [0.2, 0.25) is 0 Å². The van der Waals surface area contributed by atoms with E-state index in [1.165, 1.54) is 15.6 Å². The third-order valence-corrected chi connectivity index (χ3v) is 7.63. The first-order valence-electron chi connectivity index (χ1n) is 8.34. The highest BCUT2D eigenvalue weighted by Crippen LogP contribution is 2.26. The predicted molar refractivity (Wildman–Crippen MR) is 98.8 cm³/mol. The summed E-state index contributed by atoms with van der Waals surface area (Å²) in [7, 11) is -3.49. The van der Waals surface area contributed by atoms with Crippen LogP contribution in [0.25, 0.3) is 0 Å². The summed E-state index contributed by atoms with van der Waals surface area (Å²) in [5.41, 5.74) is 2.20. The Kier molecular flexibility index (Phi) is 5.56. The second-order valence-corrected chi connectivity index (χ2v) is 9.45. The third kappa shape index (κ3) is 4.29. The molecule has 0 bridgehead atoms. The highest BCUT2D eigenvalue weighted by molar-refractivity contribution is 7.91. The molecule has 0 unspecified atom stereocenters. The summed E-state index contributed by atoms with van der Waals surface area (Å²) in [6, 6.07) is 11.3. The van der Waals surface area contributed by atoms with Crippen LogP contribution in [-0.2, 0) is 21.4 Å². The minimum atomic E-state index is -3.49. The summed E-state index contributed by atoms with van der Waals surface area (Å²) in [6.45, 7) is 3.20. The average Bonchev–Trinajstić information content (AvgIpc) is 3.15. The number of hydrogen-bond acceptors (Lipinski definition) is 4. The van der Waals surface area contributed by atoms with Crippen molar-refractivity contribution < 1.29 is 13.2 Å². The zero-order valence-electron chi connectivity index (χ0n) is 14.1.